The normalized spacial score (nSPS) is 10.3. The van der Waals surface area contributed by atoms with Crippen LogP contribution in [-0.4, -0.2) is 20.3 Å². The highest BCUT2D eigenvalue weighted by atomic mass is 16.2. The van der Waals surface area contributed by atoms with Gasteiger partial charge in [-0.1, -0.05) is 0 Å². The third-order valence-corrected chi connectivity index (χ3v) is 2.70. The van der Waals surface area contributed by atoms with Crippen molar-refractivity contribution in [3.8, 4) is 0 Å². The largest absolute Gasteiger partial charge is 0.346 e. The van der Waals surface area contributed by atoms with Gasteiger partial charge in [0.1, 0.15) is 0 Å². The Balaban J connectivity index is 2.06. The summed E-state index contributed by atoms with van der Waals surface area (Å²) in [5.74, 6) is -0.216. The summed E-state index contributed by atoms with van der Waals surface area (Å²) >= 11 is 0. The van der Waals surface area contributed by atoms with Crippen LogP contribution in [0.2, 0.25) is 0 Å². The summed E-state index contributed by atoms with van der Waals surface area (Å²) in [6, 6.07) is 4.72. The van der Waals surface area contributed by atoms with Gasteiger partial charge in [0.25, 0.3) is 5.91 Å². The Morgan fingerprint density at radius 1 is 1.33 bits per heavy atom. The second-order valence-corrected chi connectivity index (χ2v) is 4.00. The van der Waals surface area contributed by atoms with E-state index in [1.165, 1.54) is 22.9 Å². The molecule has 0 bridgehead atoms. The lowest BCUT2D eigenvalue weighted by atomic mass is 10.2. The van der Waals surface area contributed by atoms with Gasteiger partial charge in [0.05, 0.1) is 17.8 Å². The van der Waals surface area contributed by atoms with Gasteiger partial charge in [-0.3, -0.25) is 14.3 Å². The van der Waals surface area contributed by atoms with E-state index in [1.807, 2.05) is 13.1 Å². The number of carbonyl (C=O) groups is 1. The van der Waals surface area contributed by atoms with Gasteiger partial charge in [-0.25, -0.2) is 0 Å². The van der Waals surface area contributed by atoms with E-state index in [9.17, 15) is 9.59 Å². The summed E-state index contributed by atoms with van der Waals surface area (Å²) in [5, 5.41) is 6.79. The Hall–Kier alpha value is -2.37. The van der Waals surface area contributed by atoms with Crippen molar-refractivity contribution in [2.75, 3.05) is 0 Å². The predicted molar refractivity (Wildman–Crippen MR) is 66.1 cm³/mol. The first kappa shape index (κ1) is 12.1. The lowest BCUT2D eigenvalue weighted by Crippen LogP contribution is -2.26. The molecule has 0 aromatic carbocycles. The standard InChI is InChI=1S/C12H14N4O2/c1-15-8-9(3-4-11(15)17)12(18)13-7-10-5-6-14-16(10)2/h3-6,8H,7H2,1-2H3,(H,13,18). The van der Waals surface area contributed by atoms with Gasteiger partial charge < -0.3 is 9.88 Å². The molecule has 0 saturated heterocycles. The maximum Gasteiger partial charge on any atom is 0.253 e. The molecular formula is C12H14N4O2. The summed E-state index contributed by atoms with van der Waals surface area (Å²) in [7, 11) is 3.42. The van der Waals surface area contributed by atoms with Crippen LogP contribution in [0.4, 0.5) is 0 Å². The van der Waals surface area contributed by atoms with Crippen LogP contribution < -0.4 is 10.9 Å². The SMILES string of the molecule is Cn1nccc1CNC(=O)c1ccc(=O)n(C)c1. The first-order chi connectivity index (χ1) is 8.58. The smallest absolute Gasteiger partial charge is 0.253 e. The van der Waals surface area contributed by atoms with Gasteiger partial charge in [-0.15, -0.1) is 0 Å². The minimum atomic E-state index is -0.216. The molecule has 0 unspecified atom stereocenters. The summed E-state index contributed by atoms with van der Waals surface area (Å²) in [6.45, 7) is 0.401. The minimum absolute atomic E-state index is 0.141. The van der Waals surface area contributed by atoms with Crippen LogP contribution in [-0.2, 0) is 20.6 Å². The fourth-order valence-electron chi connectivity index (χ4n) is 1.58. The quantitative estimate of drug-likeness (QED) is 0.832. The van der Waals surface area contributed by atoms with Crippen LogP contribution >= 0.6 is 0 Å². The zero-order valence-corrected chi connectivity index (χ0v) is 10.3. The number of pyridine rings is 1. The molecule has 2 aromatic rings. The molecule has 0 radical (unpaired) electrons. The number of aryl methyl sites for hydroxylation is 2. The van der Waals surface area contributed by atoms with Gasteiger partial charge in [0.2, 0.25) is 5.56 Å². The lowest BCUT2D eigenvalue weighted by molar-refractivity contribution is 0.0949. The molecule has 18 heavy (non-hydrogen) atoms. The summed E-state index contributed by atoms with van der Waals surface area (Å²) in [6.07, 6.45) is 3.19. The van der Waals surface area contributed by atoms with E-state index in [4.69, 9.17) is 0 Å². The zero-order chi connectivity index (χ0) is 13.1. The van der Waals surface area contributed by atoms with Crippen molar-refractivity contribution in [1.82, 2.24) is 19.7 Å². The molecule has 0 atom stereocenters. The molecule has 1 amide bonds. The number of aromatic nitrogens is 3. The van der Waals surface area contributed by atoms with Crippen molar-refractivity contribution in [1.29, 1.82) is 0 Å². The molecule has 6 heteroatoms. The molecular weight excluding hydrogens is 232 g/mol. The number of hydrogen-bond donors (Lipinski definition) is 1. The van der Waals surface area contributed by atoms with Crippen LogP contribution in [0.5, 0.6) is 0 Å². The Kier molecular flexibility index (Phi) is 3.27. The highest BCUT2D eigenvalue weighted by Gasteiger charge is 2.07. The number of carbonyl (C=O) groups excluding carboxylic acids is 1. The van der Waals surface area contributed by atoms with Crippen LogP contribution in [0.15, 0.2) is 35.4 Å². The molecule has 94 valence electrons. The third-order valence-electron chi connectivity index (χ3n) is 2.70. The van der Waals surface area contributed by atoms with E-state index in [0.717, 1.165) is 5.69 Å². The molecule has 0 fully saturated rings. The van der Waals surface area contributed by atoms with Gasteiger partial charge in [-0.05, 0) is 12.1 Å². The minimum Gasteiger partial charge on any atom is -0.346 e. The second-order valence-electron chi connectivity index (χ2n) is 4.00. The van der Waals surface area contributed by atoms with Crippen LogP contribution in [0.1, 0.15) is 16.1 Å². The summed E-state index contributed by atoms with van der Waals surface area (Å²) in [4.78, 5) is 23.1. The molecule has 0 spiro atoms. The molecule has 0 aliphatic heterocycles. The first-order valence-corrected chi connectivity index (χ1v) is 5.49. The van der Waals surface area contributed by atoms with Gasteiger partial charge in [0.15, 0.2) is 0 Å². The van der Waals surface area contributed by atoms with E-state index in [-0.39, 0.29) is 11.5 Å². The monoisotopic (exact) mass is 246 g/mol. The maximum atomic E-state index is 11.9. The molecule has 1 N–H and O–H groups in total. The Labute approximate surface area is 104 Å². The number of hydrogen-bond acceptors (Lipinski definition) is 3. The average molecular weight is 246 g/mol. The van der Waals surface area contributed by atoms with Crippen molar-refractivity contribution in [2.45, 2.75) is 6.54 Å². The molecule has 0 saturated carbocycles. The predicted octanol–water partition coefficient (Wildman–Crippen LogP) is 0.0488. The molecule has 2 aromatic heterocycles. The number of amides is 1. The van der Waals surface area contributed by atoms with Crippen molar-refractivity contribution in [3.05, 3.63) is 52.2 Å². The molecule has 6 nitrogen and oxygen atoms in total. The third kappa shape index (κ3) is 2.48. The molecule has 0 aliphatic rings. The van der Waals surface area contributed by atoms with Crippen LogP contribution in [0.25, 0.3) is 0 Å². The first-order valence-electron chi connectivity index (χ1n) is 5.49. The van der Waals surface area contributed by atoms with E-state index in [0.29, 0.717) is 12.1 Å². The average Bonchev–Trinajstić information content (AvgIpc) is 2.75. The molecule has 2 heterocycles. The van der Waals surface area contributed by atoms with E-state index >= 15 is 0 Å². The Morgan fingerprint density at radius 3 is 2.72 bits per heavy atom. The van der Waals surface area contributed by atoms with Crippen molar-refractivity contribution >= 4 is 5.91 Å². The van der Waals surface area contributed by atoms with Crippen molar-refractivity contribution < 1.29 is 4.79 Å². The number of rotatable bonds is 3. The number of nitrogens with one attached hydrogen (secondary N) is 1. The van der Waals surface area contributed by atoms with Gasteiger partial charge in [0, 0.05) is 32.6 Å². The summed E-state index contributed by atoms with van der Waals surface area (Å²) in [5.41, 5.74) is 1.23. The fraction of sp³-hybridized carbons (Fsp3) is 0.250. The fourth-order valence-corrected chi connectivity index (χ4v) is 1.58. The summed E-state index contributed by atoms with van der Waals surface area (Å²) < 4.78 is 3.07. The molecule has 2 rings (SSSR count). The second kappa shape index (κ2) is 4.87. The van der Waals surface area contributed by atoms with Crippen molar-refractivity contribution in [3.63, 3.8) is 0 Å². The number of nitrogens with zero attached hydrogens (tertiary/aromatic N) is 3. The van der Waals surface area contributed by atoms with Crippen molar-refractivity contribution in [2.24, 2.45) is 14.1 Å². The topological polar surface area (TPSA) is 68.9 Å². The Morgan fingerprint density at radius 2 is 2.11 bits per heavy atom. The highest BCUT2D eigenvalue weighted by molar-refractivity contribution is 5.93. The van der Waals surface area contributed by atoms with Crippen LogP contribution in [0, 0.1) is 0 Å². The highest BCUT2D eigenvalue weighted by Crippen LogP contribution is 1.98. The van der Waals surface area contributed by atoms with E-state index in [2.05, 4.69) is 10.4 Å². The zero-order valence-electron chi connectivity index (χ0n) is 10.3. The molecule has 0 aliphatic carbocycles. The maximum absolute atomic E-state index is 11.9. The Bertz CT molecular complexity index is 627. The van der Waals surface area contributed by atoms with Gasteiger partial charge in [-0.2, -0.15) is 5.10 Å². The van der Waals surface area contributed by atoms with Gasteiger partial charge >= 0.3 is 0 Å². The van der Waals surface area contributed by atoms with E-state index in [1.54, 1.807) is 17.9 Å². The van der Waals surface area contributed by atoms with Crippen LogP contribution in [0.3, 0.4) is 0 Å². The van der Waals surface area contributed by atoms with E-state index < -0.39 is 0 Å². The lowest BCUT2D eigenvalue weighted by Gasteiger charge is -2.06.